The summed E-state index contributed by atoms with van der Waals surface area (Å²) in [6.07, 6.45) is 1.05. The third-order valence-corrected chi connectivity index (χ3v) is 5.50. The van der Waals surface area contributed by atoms with Gasteiger partial charge in [-0.1, -0.05) is 12.1 Å². The maximum absolute atomic E-state index is 12.3. The molecule has 1 aliphatic heterocycles. The first-order valence-corrected chi connectivity index (χ1v) is 10.9. The molecule has 0 aromatic heterocycles. The number of ether oxygens (including phenoxy) is 3. The number of anilines is 1. The molecule has 0 spiro atoms. The van der Waals surface area contributed by atoms with Gasteiger partial charge >= 0.3 is 0 Å². The lowest BCUT2D eigenvalue weighted by Gasteiger charge is -2.22. The molecule has 0 bridgehead atoms. The van der Waals surface area contributed by atoms with Gasteiger partial charge in [-0.25, -0.2) is 8.42 Å². The van der Waals surface area contributed by atoms with Crippen molar-refractivity contribution in [2.75, 3.05) is 37.1 Å². The Kier molecular flexibility index (Phi) is 6.17. The van der Waals surface area contributed by atoms with E-state index in [1.54, 1.807) is 18.2 Å². The average Bonchev–Trinajstić information content (AvgIpc) is 3.12. The molecule has 9 heteroatoms. The number of carbonyl (C=O) groups excluding carboxylic acids is 1. The number of hydrogen-bond donors (Lipinski definition) is 1. The summed E-state index contributed by atoms with van der Waals surface area (Å²) in [5.74, 6) is 1.31. The summed E-state index contributed by atoms with van der Waals surface area (Å²) in [7, 11) is -3.67. The Morgan fingerprint density at radius 3 is 2.66 bits per heavy atom. The molecule has 0 aliphatic carbocycles. The SMILES string of the molecule is Cc1ccc(C)c(OCCNC(=O)CN(c2ccc3c(c2)OCO3)S(C)(=O)=O)c1. The summed E-state index contributed by atoms with van der Waals surface area (Å²) in [5, 5.41) is 2.69. The van der Waals surface area contributed by atoms with Crippen molar-refractivity contribution in [2.45, 2.75) is 13.8 Å². The lowest BCUT2D eigenvalue weighted by atomic mass is 10.1. The van der Waals surface area contributed by atoms with Crippen molar-refractivity contribution in [1.82, 2.24) is 5.32 Å². The predicted molar refractivity (Wildman–Crippen MR) is 109 cm³/mol. The third kappa shape index (κ3) is 5.32. The van der Waals surface area contributed by atoms with Crippen LogP contribution in [-0.4, -0.2) is 47.1 Å². The van der Waals surface area contributed by atoms with E-state index in [0.29, 0.717) is 17.2 Å². The van der Waals surface area contributed by atoms with E-state index in [-0.39, 0.29) is 26.5 Å². The lowest BCUT2D eigenvalue weighted by molar-refractivity contribution is -0.119. The van der Waals surface area contributed by atoms with Crippen LogP contribution in [0, 0.1) is 13.8 Å². The lowest BCUT2D eigenvalue weighted by Crippen LogP contribution is -2.41. The first-order chi connectivity index (χ1) is 13.7. The van der Waals surface area contributed by atoms with E-state index in [9.17, 15) is 13.2 Å². The molecular formula is C20H24N2O6S. The quantitative estimate of drug-likeness (QED) is 0.657. The Morgan fingerprint density at radius 1 is 1.14 bits per heavy atom. The van der Waals surface area contributed by atoms with E-state index in [0.717, 1.165) is 27.4 Å². The van der Waals surface area contributed by atoms with Crippen molar-refractivity contribution in [3.8, 4) is 17.2 Å². The van der Waals surface area contributed by atoms with Crippen molar-refractivity contribution in [3.63, 3.8) is 0 Å². The standard InChI is InChI=1S/C20H24N2O6S/c1-14-4-5-15(2)18(10-14)26-9-8-21-20(23)12-22(29(3,24)25)16-6-7-17-19(11-16)28-13-27-17/h4-7,10-11H,8-9,12-13H2,1-3H3,(H,21,23). The number of nitrogens with zero attached hydrogens (tertiary/aromatic N) is 1. The third-order valence-electron chi connectivity index (χ3n) is 4.36. The number of aryl methyl sites for hydroxylation is 2. The number of sulfonamides is 1. The van der Waals surface area contributed by atoms with E-state index in [2.05, 4.69) is 5.32 Å². The molecule has 2 aromatic rings. The largest absolute Gasteiger partial charge is 0.491 e. The van der Waals surface area contributed by atoms with E-state index in [4.69, 9.17) is 14.2 Å². The number of hydrogen-bond acceptors (Lipinski definition) is 6. The van der Waals surface area contributed by atoms with Crippen LogP contribution in [-0.2, 0) is 14.8 Å². The highest BCUT2D eigenvalue weighted by atomic mass is 32.2. The molecule has 8 nitrogen and oxygen atoms in total. The van der Waals surface area contributed by atoms with Gasteiger partial charge in [0.05, 0.1) is 18.5 Å². The number of nitrogens with one attached hydrogen (secondary N) is 1. The molecule has 2 aromatic carbocycles. The van der Waals surface area contributed by atoms with Gasteiger partial charge in [0.1, 0.15) is 18.9 Å². The average molecular weight is 420 g/mol. The van der Waals surface area contributed by atoms with Gasteiger partial charge in [-0.2, -0.15) is 0 Å². The number of rotatable bonds is 8. The van der Waals surface area contributed by atoms with Crippen LogP contribution in [0.25, 0.3) is 0 Å². The monoisotopic (exact) mass is 420 g/mol. The minimum Gasteiger partial charge on any atom is -0.491 e. The molecule has 0 fully saturated rings. The van der Waals surface area contributed by atoms with Gasteiger partial charge in [-0.3, -0.25) is 9.10 Å². The first-order valence-electron chi connectivity index (χ1n) is 9.08. The van der Waals surface area contributed by atoms with Crippen LogP contribution in [0.15, 0.2) is 36.4 Å². The maximum Gasteiger partial charge on any atom is 0.240 e. The highest BCUT2D eigenvalue weighted by molar-refractivity contribution is 7.92. The van der Waals surface area contributed by atoms with Crippen molar-refractivity contribution in [3.05, 3.63) is 47.5 Å². The zero-order valence-corrected chi connectivity index (χ0v) is 17.4. The number of fused-ring (bicyclic) bond motifs is 1. The number of amides is 1. The number of benzene rings is 2. The van der Waals surface area contributed by atoms with Gasteiger partial charge in [0.15, 0.2) is 11.5 Å². The molecule has 3 rings (SSSR count). The van der Waals surface area contributed by atoms with Crippen molar-refractivity contribution >= 4 is 21.6 Å². The van der Waals surface area contributed by atoms with E-state index in [1.807, 2.05) is 32.0 Å². The zero-order valence-electron chi connectivity index (χ0n) is 16.6. The topological polar surface area (TPSA) is 94.2 Å². The molecule has 0 atom stereocenters. The fraction of sp³-hybridized carbons (Fsp3) is 0.350. The fourth-order valence-corrected chi connectivity index (χ4v) is 3.69. The Labute approximate surface area is 170 Å². The summed E-state index contributed by atoms with van der Waals surface area (Å²) in [5.41, 5.74) is 2.42. The van der Waals surface area contributed by atoms with Crippen molar-refractivity contribution in [2.24, 2.45) is 0 Å². The van der Waals surface area contributed by atoms with Crippen LogP contribution in [0.4, 0.5) is 5.69 Å². The van der Waals surface area contributed by atoms with E-state index >= 15 is 0 Å². The van der Waals surface area contributed by atoms with Crippen LogP contribution >= 0.6 is 0 Å². The Bertz CT molecular complexity index is 1010. The second-order valence-electron chi connectivity index (χ2n) is 6.77. The molecule has 0 unspecified atom stereocenters. The summed E-state index contributed by atoms with van der Waals surface area (Å²) in [6, 6.07) is 10.6. The first kappa shape index (κ1) is 20.8. The molecule has 1 heterocycles. The highest BCUT2D eigenvalue weighted by Gasteiger charge is 2.23. The van der Waals surface area contributed by atoms with Crippen LogP contribution in [0.1, 0.15) is 11.1 Å². The molecule has 0 saturated carbocycles. The van der Waals surface area contributed by atoms with E-state index < -0.39 is 15.9 Å². The second kappa shape index (κ2) is 8.60. The summed E-state index contributed by atoms with van der Waals surface area (Å²) in [4.78, 5) is 12.3. The molecule has 1 N–H and O–H groups in total. The summed E-state index contributed by atoms with van der Waals surface area (Å²) >= 11 is 0. The van der Waals surface area contributed by atoms with Crippen LogP contribution < -0.4 is 23.8 Å². The van der Waals surface area contributed by atoms with Gasteiger partial charge in [-0.05, 0) is 43.2 Å². The van der Waals surface area contributed by atoms with Crippen LogP contribution in [0.5, 0.6) is 17.2 Å². The van der Waals surface area contributed by atoms with E-state index in [1.165, 1.54) is 0 Å². The molecule has 29 heavy (non-hydrogen) atoms. The van der Waals surface area contributed by atoms with Crippen molar-refractivity contribution in [1.29, 1.82) is 0 Å². The summed E-state index contributed by atoms with van der Waals surface area (Å²) < 4.78 is 41.6. The predicted octanol–water partition coefficient (Wildman–Crippen LogP) is 1.99. The van der Waals surface area contributed by atoms with Gasteiger partial charge < -0.3 is 19.5 Å². The Balaban J connectivity index is 1.57. The van der Waals surface area contributed by atoms with Gasteiger partial charge in [0.2, 0.25) is 22.7 Å². The zero-order chi connectivity index (χ0) is 21.0. The minimum absolute atomic E-state index is 0.0819. The number of carbonyl (C=O) groups is 1. The normalized spacial score (nSPS) is 12.5. The Morgan fingerprint density at radius 2 is 1.90 bits per heavy atom. The Hall–Kier alpha value is -2.94. The molecule has 1 amide bonds. The van der Waals surface area contributed by atoms with Gasteiger partial charge in [0, 0.05) is 6.07 Å². The van der Waals surface area contributed by atoms with Gasteiger partial charge in [-0.15, -0.1) is 0 Å². The second-order valence-corrected chi connectivity index (χ2v) is 8.68. The van der Waals surface area contributed by atoms with Gasteiger partial charge in [0.25, 0.3) is 0 Å². The van der Waals surface area contributed by atoms with Crippen molar-refractivity contribution < 1.29 is 27.4 Å². The minimum atomic E-state index is -3.67. The molecule has 0 radical (unpaired) electrons. The van der Waals surface area contributed by atoms with Crippen LogP contribution in [0.2, 0.25) is 0 Å². The molecule has 0 saturated heterocycles. The maximum atomic E-state index is 12.3. The molecule has 156 valence electrons. The summed E-state index contributed by atoms with van der Waals surface area (Å²) in [6.45, 7) is 4.19. The molecular weight excluding hydrogens is 396 g/mol. The fourth-order valence-electron chi connectivity index (χ4n) is 2.84. The molecule has 1 aliphatic rings. The highest BCUT2D eigenvalue weighted by Crippen LogP contribution is 2.36. The smallest absolute Gasteiger partial charge is 0.240 e. The van der Waals surface area contributed by atoms with Crippen LogP contribution in [0.3, 0.4) is 0 Å².